The topological polar surface area (TPSA) is 60.4 Å². The van der Waals surface area contributed by atoms with Crippen LogP contribution in [0.25, 0.3) is 0 Å². The fourth-order valence-corrected chi connectivity index (χ4v) is 3.45. The summed E-state index contributed by atoms with van der Waals surface area (Å²) in [6, 6.07) is 4.12. The van der Waals surface area contributed by atoms with Crippen molar-refractivity contribution in [1.29, 1.82) is 0 Å². The van der Waals surface area contributed by atoms with E-state index in [0.29, 0.717) is 5.88 Å². The van der Waals surface area contributed by atoms with Crippen molar-refractivity contribution < 1.29 is 9.47 Å². The van der Waals surface area contributed by atoms with Gasteiger partial charge in [-0.2, -0.15) is 0 Å². The normalized spacial score (nSPS) is 23.4. The summed E-state index contributed by atoms with van der Waals surface area (Å²) in [5, 5.41) is 0. The van der Waals surface area contributed by atoms with Crippen molar-refractivity contribution in [2.24, 2.45) is 0 Å². The number of hydrogen-bond acceptors (Lipinski definition) is 6. The average Bonchev–Trinajstić information content (AvgIpc) is 2.56. The molecular weight excluding hydrogens is 292 g/mol. The molecule has 4 rings (SSSR count). The van der Waals surface area contributed by atoms with Crippen LogP contribution in [-0.4, -0.2) is 51.3 Å². The molecule has 6 heteroatoms. The lowest BCUT2D eigenvalue weighted by Crippen LogP contribution is -2.65. The van der Waals surface area contributed by atoms with E-state index in [-0.39, 0.29) is 11.7 Å². The summed E-state index contributed by atoms with van der Waals surface area (Å²) in [5.74, 6) is 0.600. The lowest BCUT2D eigenvalue weighted by molar-refractivity contribution is -0.188. The second kappa shape index (κ2) is 6.22. The zero-order valence-corrected chi connectivity index (χ0v) is 13.0. The van der Waals surface area contributed by atoms with Crippen LogP contribution >= 0.6 is 0 Å². The Morgan fingerprint density at radius 1 is 1.17 bits per heavy atom. The van der Waals surface area contributed by atoms with Crippen LogP contribution in [0.4, 0.5) is 0 Å². The molecule has 0 bridgehead atoms. The van der Waals surface area contributed by atoms with Gasteiger partial charge in [-0.05, 0) is 17.7 Å². The highest BCUT2D eigenvalue weighted by Crippen LogP contribution is 2.36. The van der Waals surface area contributed by atoms with Crippen molar-refractivity contribution in [3.63, 3.8) is 0 Å². The van der Waals surface area contributed by atoms with E-state index in [4.69, 9.17) is 9.47 Å². The molecule has 0 aliphatic carbocycles. The lowest BCUT2D eigenvalue weighted by Gasteiger charge is -2.53. The van der Waals surface area contributed by atoms with Gasteiger partial charge in [-0.1, -0.05) is 0 Å². The first-order valence-electron chi connectivity index (χ1n) is 7.99. The van der Waals surface area contributed by atoms with Crippen LogP contribution in [0.2, 0.25) is 0 Å². The summed E-state index contributed by atoms with van der Waals surface area (Å²) in [6.45, 7) is 3.60. The Hall–Kier alpha value is -2.05. The first kappa shape index (κ1) is 14.5. The molecule has 4 heterocycles. The number of aromatic nitrogens is 3. The van der Waals surface area contributed by atoms with Crippen LogP contribution in [0.3, 0.4) is 0 Å². The molecule has 1 unspecified atom stereocenters. The third-order valence-corrected chi connectivity index (χ3v) is 4.45. The summed E-state index contributed by atoms with van der Waals surface area (Å²) in [4.78, 5) is 14.7. The predicted octanol–water partition coefficient (Wildman–Crippen LogP) is 1.68. The first-order valence-corrected chi connectivity index (χ1v) is 7.99. The minimum atomic E-state index is -0.0574. The fourth-order valence-electron chi connectivity index (χ4n) is 3.45. The quantitative estimate of drug-likeness (QED) is 0.856. The highest BCUT2D eigenvalue weighted by Gasteiger charge is 2.48. The van der Waals surface area contributed by atoms with Crippen molar-refractivity contribution in [1.82, 2.24) is 19.9 Å². The van der Waals surface area contributed by atoms with Gasteiger partial charge >= 0.3 is 0 Å². The van der Waals surface area contributed by atoms with E-state index in [9.17, 15) is 0 Å². The molecule has 0 saturated carbocycles. The summed E-state index contributed by atoms with van der Waals surface area (Å²) in [5.41, 5.74) is 1.23. The number of hydrogen-bond donors (Lipinski definition) is 0. The van der Waals surface area contributed by atoms with E-state index >= 15 is 0 Å². The minimum Gasteiger partial charge on any atom is -0.473 e. The summed E-state index contributed by atoms with van der Waals surface area (Å²) in [7, 11) is 0. The molecule has 0 radical (unpaired) electrons. The third kappa shape index (κ3) is 3.33. The van der Waals surface area contributed by atoms with E-state index in [1.807, 2.05) is 12.4 Å². The fraction of sp³-hybridized carbons (Fsp3) is 0.471. The van der Waals surface area contributed by atoms with Crippen LogP contribution in [0.5, 0.6) is 5.88 Å². The molecule has 0 amide bonds. The molecule has 2 fully saturated rings. The van der Waals surface area contributed by atoms with Crippen molar-refractivity contribution in [3.8, 4) is 5.88 Å². The molecule has 23 heavy (non-hydrogen) atoms. The molecule has 2 aromatic rings. The van der Waals surface area contributed by atoms with Gasteiger partial charge in [-0.15, -0.1) is 0 Å². The van der Waals surface area contributed by atoms with Gasteiger partial charge in [-0.3, -0.25) is 14.9 Å². The second-order valence-corrected chi connectivity index (χ2v) is 6.31. The highest BCUT2D eigenvalue weighted by atomic mass is 16.5. The first-order chi connectivity index (χ1) is 11.3. The van der Waals surface area contributed by atoms with Gasteiger partial charge in [0.25, 0.3) is 0 Å². The second-order valence-electron chi connectivity index (χ2n) is 6.31. The molecule has 120 valence electrons. The molecular formula is C17H20N4O2. The Kier molecular flexibility index (Phi) is 3.93. The largest absolute Gasteiger partial charge is 0.473 e. The summed E-state index contributed by atoms with van der Waals surface area (Å²) < 4.78 is 12.0. The highest BCUT2D eigenvalue weighted by molar-refractivity contribution is 5.12. The third-order valence-electron chi connectivity index (χ3n) is 4.45. The number of likely N-dealkylation sites (tertiary alicyclic amines) is 1. The molecule has 2 aromatic heterocycles. The Morgan fingerprint density at radius 2 is 2.04 bits per heavy atom. The van der Waals surface area contributed by atoms with Gasteiger partial charge in [0.2, 0.25) is 5.88 Å². The maximum Gasteiger partial charge on any atom is 0.232 e. The van der Waals surface area contributed by atoms with Gasteiger partial charge in [0.15, 0.2) is 0 Å². The van der Waals surface area contributed by atoms with Crippen LogP contribution in [0, 0.1) is 0 Å². The Bertz CT molecular complexity index is 632. The van der Waals surface area contributed by atoms with E-state index < -0.39 is 0 Å². The molecule has 0 aromatic carbocycles. The summed E-state index contributed by atoms with van der Waals surface area (Å²) >= 11 is 0. The predicted molar refractivity (Wildman–Crippen MR) is 83.9 cm³/mol. The van der Waals surface area contributed by atoms with E-state index in [1.54, 1.807) is 18.6 Å². The molecule has 2 aliphatic heterocycles. The Balaban J connectivity index is 1.32. The molecule has 2 aliphatic rings. The van der Waals surface area contributed by atoms with Gasteiger partial charge in [0.05, 0.1) is 18.4 Å². The monoisotopic (exact) mass is 312 g/mol. The molecule has 6 nitrogen and oxygen atoms in total. The van der Waals surface area contributed by atoms with Crippen LogP contribution in [-0.2, 0) is 11.3 Å². The van der Waals surface area contributed by atoms with Crippen LogP contribution in [0.15, 0.2) is 43.1 Å². The molecule has 0 N–H and O–H groups in total. The molecule has 1 atom stereocenters. The SMILES string of the molecule is c1cc(CN2CC3(CC(Oc4cnccn4)CCO3)C2)ccn1. The average molecular weight is 312 g/mol. The van der Waals surface area contributed by atoms with Gasteiger partial charge in [0, 0.05) is 57.3 Å². The van der Waals surface area contributed by atoms with Gasteiger partial charge < -0.3 is 9.47 Å². The van der Waals surface area contributed by atoms with Gasteiger partial charge in [-0.25, -0.2) is 4.98 Å². The van der Waals surface area contributed by atoms with Crippen molar-refractivity contribution in [2.45, 2.75) is 31.1 Å². The Morgan fingerprint density at radius 3 is 2.83 bits per heavy atom. The number of pyridine rings is 1. The van der Waals surface area contributed by atoms with E-state index in [1.165, 1.54) is 5.56 Å². The zero-order chi connectivity index (χ0) is 15.5. The Labute approximate surface area is 135 Å². The van der Waals surface area contributed by atoms with Gasteiger partial charge in [0.1, 0.15) is 6.10 Å². The van der Waals surface area contributed by atoms with E-state index in [2.05, 4.69) is 32.0 Å². The maximum absolute atomic E-state index is 6.07. The van der Waals surface area contributed by atoms with Crippen molar-refractivity contribution in [3.05, 3.63) is 48.7 Å². The standard InChI is InChI=1S/C17H20N4O2/c1-4-18-5-2-14(1)11-21-12-17(13-21)9-15(3-8-22-17)23-16-10-19-6-7-20-16/h1-2,4-7,10,15H,3,8-9,11-13H2. The lowest BCUT2D eigenvalue weighted by atomic mass is 9.84. The van der Waals surface area contributed by atoms with Crippen molar-refractivity contribution in [2.75, 3.05) is 19.7 Å². The number of rotatable bonds is 4. The smallest absolute Gasteiger partial charge is 0.232 e. The van der Waals surface area contributed by atoms with E-state index in [0.717, 1.165) is 39.1 Å². The maximum atomic E-state index is 6.07. The van der Waals surface area contributed by atoms with Crippen LogP contribution < -0.4 is 4.74 Å². The van der Waals surface area contributed by atoms with Crippen LogP contribution in [0.1, 0.15) is 18.4 Å². The number of nitrogens with zero attached hydrogens (tertiary/aromatic N) is 4. The minimum absolute atomic E-state index is 0.0574. The zero-order valence-electron chi connectivity index (χ0n) is 13.0. The molecule has 1 spiro atoms. The summed E-state index contributed by atoms with van der Waals surface area (Å²) in [6.07, 6.45) is 10.6. The van der Waals surface area contributed by atoms with Crippen molar-refractivity contribution >= 4 is 0 Å². The number of ether oxygens (including phenoxy) is 2. The molecule has 2 saturated heterocycles.